The van der Waals surface area contributed by atoms with E-state index in [1.807, 2.05) is 0 Å². The minimum Gasteiger partial charge on any atom is -0.480 e. The maximum Gasteiger partial charge on any atom is 0.320 e. The van der Waals surface area contributed by atoms with Gasteiger partial charge in [-0.05, 0) is 38.1 Å². The molecule has 15 heavy (non-hydrogen) atoms. The zero-order valence-electron chi connectivity index (χ0n) is 9.02. The topological polar surface area (TPSA) is 49.8 Å². The molecule has 0 aromatic heterocycles. The largest absolute Gasteiger partial charge is 0.480 e. The van der Waals surface area contributed by atoms with Gasteiger partial charge in [0.25, 0.3) is 0 Å². The molecule has 0 bridgehead atoms. The van der Waals surface area contributed by atoms with Crippen molar-refractivity contribution in [3.8, 4) is 0 Å². The van der Waals surface area contributed by atoms with Crippen LogP contribution in [0.15, 0.2) is 0 Å². The molecule has 0 aromatic carbocycles. The Morgan fingerprint density at radius 3 is 2.73 bits per heavy atom. The van der Waals surface area contributed by atoms with Crippen molar-refractivity contribution in [3.05, 3.63) is 0 Å². The van der Waals surface area contributed by atoms with Crippen molar-refractivity contribution in [1.29, 1.82) is 0 Å². The summed E-state index contributed by atoms with van der Waals surface area (Å²) in [6.07, 6.45) is 4.02. The van der Waals surface area contributed by atoms with E-state index >= 15 is 0 Å². The number of nitrogens with zero attached hydrogens (tertiary/aromatic N) is 1. The van der Waals surface area contributed by atoms with Crippen LogP contribution < -0.4 is 0 Å². The predicted molar refractivity (Wildman–Crippen MR) is 55.8 cm³/mol. The van der Waals surface area contributed by atoms with Crippen LogP contribution in [0.2, 0.25) is 0 Å². The lowest BCUT2D eigenvalue weighted by atomic mass is 9.99. The van der Waals surface area contributed by atoms with Crippen LogP contribution in [0.5, 0.6) is 0 Å². The second-order valence-electron chi connectivity index (χ2n) is 4.55. The number of rotatable bonds is 3. The van der Waals surface area contributed by atoms with E-state index in [2.05, 4.69) is 4.90 Å². The molecule has 2 aliphatic heterocycles. The molecule has 4 heteroatoms. The van der Waals surface area contributed by atoms with E-state index in [0.29, 0.717) is 5.92 Å². The van der Waals surface area contributed by atoms with Crippen LogP contribution in [-0.4, -0.2) is 48.3 Å². The molecule has 0 spiro atoms. The van der Waals surface area contributed by atoms with E-state index in [0.717, 1.165) is 52.0 Å². The molecule has 0 aliphatic carbocycles. The third kappa shape index (κ3) is 2.69. The lowest BCUT2D eigenvalue weighted by Crippen LogP contribution is -2.40. The number of ether oxygens (including phenoxy) is 1. The molecule has 2 rings (SSSR count). The zero-order valence-corrected chi connectivity index (χ0v) is 9.02. The molecular formula is C11H19NO3. The van der Waals surface area contributed by atoms with Gasteiger partial charge in [0.2, 0.25) is 0 Å². The van der Waals surface area contributed by atoms with E-state index in [-0.39, 0.29) is 6.04 Å². The van der Waals surface area contributed by atoms with Gasteiger partial charge in [0.1, 0.15) is 6.04 Å². The first-order valence-electron chi connectivity index (χ1n) is 5.82. The maximum absolute atomic E-state index is 11.0. The van der Waals surface area contributed by atoms with Gasteiger partial charge in [-0.2, -0.15) is 0 Å². The molecule has 86 valence electrons. The molecule has 2 aliphatic rings. The Kier molecular flexibility index (Phi) is 3.59. The molecule has 0 radical (unpaired) electrons. The zero-order chi connectivity index (χ0) is 10.7. The van der Waals surface area contributed by atoms with Gasteiger partial charge >= 0.3 is 5.97 Å². The Labute approximate surface area is 90.2 Å². The summed E-state index contributed by atoms with van der Waals surface area (Å²) >= 11 is 0. The van der Waals surface area contributed by atoms with E-state index < -0.39 is 5.97 Å². The average molecular weight is 213 g/mol. The summed E-state index contributed by atoms with van der Waals surface area (Å²) < 4.78 is 5.30. The summed E-state index contributed by atoms with van der Waals surface area (Å²) in [5.74, 6) is -0.0155. The second kappa shape index (κ2) is 4.94. The highest BCUT2D eigenvalue weighted by Gasteiger charge is 2.32. The molecular weight excluding hydrogens is 194 g/mol. The predicted octanol–water partition coefficient (Wildman–Crippen LogP) is 0.962. The van der Waals surface area contributed by atoms with Crippen molar-refractivity contribution in [2.24, 2.45) is 5.92 Å². The van der Waals surface area contributed by atoms with Gasteiger partial charge in [-0.1, -0.05) is 0 Å². The van der Waals surface area contributed by atoms with Crippen LogP contribution in [-0.2, 0) is 9.53 Å². The molecule has 4 nitrogen and oxygen atoms in total. The van der Waals surface area contributed by atoms with Crippen molar-refractivity contribution < 1.29 is 14.6 Å². The monoisotopic (exact) mass is 213 g/mol. The molecule has 1 atom stereocenters. The van der Waals surface area contributed by atoms with E-state index in [1.54, 1.807) is 0 Å². The maximum atomic E-state index is 11.0. The van der Waals surface area contributed by atoms with Gasteiger partial charge in [-0.15, -0.1) is 0 Å². The van der Waals surface area contributed by atoms with Crippen LogP contribution in [0, 0.1) is 5.92 Å². The summed E-state index contributed by atoms with van der Waals surface area (Å²) in [4.78, 5) is 13.1. The first kappa shape index (κ1) is 10.9. The molecule has 0 saturated carbocycles. The minimum absolute atomic E-state index is 0.229. The number of carbonyl (C=O) groups is 1. The van der Waals surface area contributed by atoms with Crippen LogP contribution in [0.25, 0.3) is 0 Å². The van der Waals surface area contributed by atoms with Crippen LogP contribution in [0.4, 0.5) is 0 Å². The summed E-state index contributed by atoms with van der Waals surface area (Å²) in [7, 11) is 0. The van der Waals surface area contributed by atoms with Crippen molar-refractivity contribution in [3.63, 3.8) is 0 Å². The first-order chi connectivity index (χ1) is 7.27. The SMILES string of the molecule is O=C(O)[C@@H]1CCCN1CC1CCOCC1. The number of carboxylic acid groups (broad SMARTS) is 1. The van der Waals surface area contributed by atoms with E-state index in [4.69, 9.17) is 9.84 Å². The van der Waals surface area contributed by atoms with Gasteiger partial charge in [-0.25, -0.2) is 0 Å². The number of hydrogen-bond donors (Lipinski definition) is 1. The Bertz CT molecular complexity index is 226. The van der Waals surface area contributed by atoms with Gasteiger partial charge in [0.15, 0.2) is 0 Å². The van der Waals surface area contributed by atoms with Gasteiger partial charge < -0.3 is 9.84 Å². The smallest absolute Gasteiger partial charge is 0.320 e. The fraction of sp³-hybridized carbons (Fsp3) is 0.909. The number of likely N-dealkylation sites (tertiary alicyclic amines) is 1. The third-order valence-electron chi connectivity index (χ3n) is 3.48. The number of carboxylic acids is 1. The number of aliphatic carboxylic acids is 1. The Morgan fingerprint density at radius 1 is 1.33 bits per heavy atom. The van der Waals surface area contributed by atoms with Crippen LogP contribution in [0.1, 0.15) is 25.7 Å². The normalized spacial score (nSPS) is 29.5. The van der Waals surface area contributed by atoms with Gasteiger partial charge in [0.05, 0.1) is 0 Å². The van der Waals surface area contributed by atoms with Gasteiger partial charge in [-0.3, -0.25) is 9.69 Å². The molecule has 2 saturated heterocycles. The van der Waals surface area contributed by atoms with E-state index in [9.17, 15) is 4.79 Å². The van der Waals surface area contributed by atoms with Crippen molar-refractivity contribution in [1.82, 2.24) is 4.90 Å². The fourth-order valence-corrected chi connectivity index (χ4v) is 2.58. The first-order valence-corrected chi connectivity index (χ1v) is 5.82. The number of hydrogen-bond acceptors (Lipinski definition) is 3. The van der Waals surface area contributed by atoms with Crippen LogP contribution >= 0.6 is 0 Å². The standard InChI is InChI=1S/C11H19NO3/c13-11(14)10-2-1-5-12(10)8-9-3-6-15-7-4-9/h9-10H,1-8H2,(H,13,14)/t10-/m0/s1. The molecule has 2 fully saturated rings. The summed E-state index contributed by atoms with van der Waals surface area (Å²) in [6, 6.07) is -0.229. The van der Waals surface area contributed by atoms with Gasteiger partial charge in [0, 0.05) is 19.8 Å². The second-order valence-corrected chi connectivity index (χ2v) is 4.55. The van der Waals surface area contributed by atoms with Crippen molar-refractivity contribution in [2.45, 2.75) is 31.7 Å². The summed E-state index contributed by atoms with van der Waals surface area (Å²) in [5.41, 5.74) is 0. The Hall–Kier alpha value is -0.610. The highest BCUT2D eigenvalue weighted by molar-refractivity contribution is 5.73. The lowest BCUT2D eigenvalue weighted by molar-refractivity contribution is -0.142. The fourth-order valence-electron chi connectivity index (χ4n) is 2.58. The molecule has 0 amide bonds. The third-order valence-corrected chi connectivity index (χ3v) is 3.48. The summed E-state index contributed by atoms with van der Waals surface area (Å²) in [6.45, 7) is 3.58. The average Bonchev–Trinajstić information content (AvgIpc) is 2.67. The van der Waals surface area contributed by atoms with Crippen LogP contribution in [0.3, 0.4) is 0 Å². The molecule has 1 N–H and O–H groups in total. The Morgan fingerprint density at radius 2 is 2.07 bits per heavy atom. The Balaban J connectivity index is 1.84. The molecule has 0 unspecified atom stereocenters. The minimum atomic E-state index is -0.653. The molecule has 0 aromatic rings. The summed E-state index contributed by atoms with van der Waals surface area (Å²) in [5, 5.41) is 9.05. The van der Waals surface area contributed by atoms with E-state index in [1.165, 1.54) is 0 Å². The highest BCUT2D eigenvalue weighted by atomic mass is 16.5. The van der Waals surface area contributed by atoms with Crippen molar-refractivity contribution in [2.75, 3.05) is 26.3 Å². The lowest BCUT2D eigenvalue weighted by Gasteiger charge is -2.29. The highest BCUT2D eigenvalue weighted by Crippen LogP contribution is 2.23. The van der Waals surface area contributed by atoms with Crippen molar-refractivity contribution >= 4 is 5.97 Å². The quantitative estimate of drug-likeness (QED) is 0.758. The molecule has 2 heterocycles.